The average molecular weight is 266 g/mol. The summed E-state index contributed by atoms with van der Waals surface area (Å²) in [6, 6.07) is -1.45. The van der Waals surface area contributed by atoms with Gasteiger partial charge in [0.2, 0.25) is 0 Å². The van der Waals surface area contributed by atoms with E-state index in [1.165, 1.54) is 0 Å². The number of carbonyl (C=O) groups is 2. The van der Waals surface area contributed by atoms with Gasteiger partial charge in [0.25, 0.3) is 0 Å². The predicted octanol–water partition coefficient (Wildman–Crippen LogP) is 0.451. The summed E-state index contributed by atoms with van der Waals surface area (Å²) in [7, 11) is 1.62. The number of hydrogen-bond acceptors (Lipinski definition) is 3. The Labute approximate surface area is 112 Å². The highest BCUT2D eigenvalue weighted by Crippen LogP contribution is 2.11. The van der Waals surface area contributed by atoms with Gasteiger partial charge in [0, 0.05) is 26.6 Å². The lowest BCUT2D eigenvalue weighted by molar-refractivity contribution is -0.139. The predicted molar refractivity (Wildman–Crippen MR) is 69.6 cm³/mol. The average Bonchev–Trinajstić information content (AvgIpc) is 2.39. The number of carboxylic acid groups (broad SMARTS) is 1. The Bertz CT molecular complexity index is 411. The molecule has 0 saturated heterocycles. The third-order valence-corrected chi connectivity index (χ3v) is 2.84. The molecule has 1 unspecified atom stereocenters. The number of methoxy groups -OCH3 is 1. The van der Waals surface area contributed by atoms with Crippen molar-refractivity contribution in [2.24, 2.45) is 0 Å². The van der Waals surface area contributed by atoms with Crippen LogP contribution in [0, 0.1) is 12.3 Å². The fourth-order valence-electron chi connectivity index (χ4n) is 1.77. The molecule has 19 heavy (non-hydrogen) atoms. The van der Waals surface area contributed by atoms with Crippen LogP contribution in [-0.2, 0) is 9.53 Å². The van der Waals surface area contributed by atoms with E-state index in [0.717, 1.165) is 12.0 Å². The lowest BCUT2D eigenvalue weighted by Crippen LogP contribution is -2.49. The van der Waals surface area contributed by atoms with Gasteiger partial charge in [-0.05, 0) is 12.0 Å². The molecule has 6 nitrogen and oxygen atoms in total. The second kappa shape index (κ2) is 7.44. The summed E-state index contributed by atoms with van der Waals surface area (Å²) in [5, 5.41) is 11.3. The van der Waals surface area contributed by atoms with Gasteiger partial charge in [-0.2, -0.15) is 0 Å². The van der Waals surface area contributed by atoms with Gasteiger partial charge >= 0.3 is 12.0 Å². The minimum absolute atomic E-state index is 0.0281. The van der Waals surface area contributed by atoms with E-state index in [9.17, 15) is 9.59 Å². The fraction of sp³-hybridized carbons (Fsp3) is 0.538. The number of amides is 2. The molecule has 0 aliphatic carbocycles. The van der Waals surface area contributed by atoms with Crippen LogP contribution in [0.4, 0.5) is 4.79 Å². The Kier molecular flexibility index (Phi) is 5.90. The van der Waals surface area contributed by atoms with Crippen molar-refractivity contribution in [3.8, 4) is 12.3 Å². The van der Waals surface area contributed by atoms with E-state index in [2.05, 4.69) is 11.2 Å². The maximum absolute atomic E-state index is 11.9. The van der Waals surface area contributed by atoms with Crippen LogP contribution in [0.2, 0.25) is 0 Å². The van der Waals surface area contributed by atoms with Crippen molar-refractivity contribution in [2.45, 2.75) is 18.9 Å². The molecule has 104 valence electrons. The zero-order valence-corrected chi connectivity index (χ0v) is 10.9. The molecule has 1 atom stereocenters. The number of carboxylic acids is 1. The maximum atomic E-state index is 11.9. The number of carbonyl (C=O) groups excluding carboxylic acids is 1. The van der Waals surface area contributed by atoms with E-state index in [4.69, 9.17) is 16.3 Å². The standard InChI is InChI=1S/C13H18N2O4/c1-3-4-11(12(16)17)14-13(18)15-7-5-10(6-8-15)9-19-2/h1,5,11H,4,6-9H2,2H3,(H,14,18)(H,16,17). The molecule has 0 radical (unpaired) electrons. The molecule has 0 fully saturated rings. The number of aliphatic carboxylic acids is 1. The van der Waals surface area contributed by atoms with Gasteiger partial charge in [-0.3, -0.25) is 0 Å². The summed E-state index contributed by atoms with van der Waals surface area (Å²) in [6.45, 7) is 1.56. The van der Waals surface area contributed by atoms with Crippen LogP contribution >= 0.6 is 0 Å². The molecular formula is C13H18N2O4. The van der Waals surface area contributed by atoms with Gasteiger partial charge in [0.15, 0.2) is 0 Å². The summed E-state index contributed by atoms with van der Waals surface area (Å²) < 4.78 is 5.02. The third kappa shape index (κ3) is 4.64. The van der Waals surface area contributed by atoms with E-state index >= 15 is 0 Å². The van der Waals surface area contributed by atoms with E-state index in [0.29, 0.717) is 19.7 Å². The molecule has 0 aromatic carbocycles. The van der Waals surface area contributed by atoms with Gasteiger partial charge in [-0.25, -0.2) is 9.59 Å². The number of terminal acetylenes is 1. The normalized spacial score (nSPS) is 16.2. The van der Waals surface area contributed by atoms with Crippen LogP contribution < -0.4 is 5.32 Å². The minimum atomic E-state index is -1.13. The summed E-state index contributed by atoms with van der Waals surface area (Å²) >= 11 is 0. The first-order chi connectivity index (χ1) is 9.08. The molecule has 0 aromatic heterocycles. The van der Waals surface area contributed by atoms with E-state index < -0.39 is 18.0 Å². The van der Waals surface area contributed by atoms with Crippen molar-refractivity contribution in [3.05, 3.63) is 11.6 Å². The molecule has 1 rings (SSSR count). The smallest absolute Gasteiger partial charge is 0.327 e. The quantitative estimate of drug-likeness (QED) is 0.559. The zero-order chi connectivity index (χ0) is 14.3. The van der Waals surface area contributed by atoms with Gasteiger partial charge in [0.1, 0.15) is 6.04 Å². The van der Waals surface area contributed by atoms with Crippen LogP contribution in [0.25, 0.3) is 0 Å². The molecular weight excluding hydrogens is 248 g/mol. The Hall–Kier alpha value is -2.00. The van der Waals surface area contributed by atoms with E-state index in [1.54, 1.807) is 12.0 Å². The van der Waals surface area contributed by atoms with Crippen molar-refractivity contribution in [2.75, 3.05) is 26.8 Å². The first kappa shape index (κ1) is 15.1. The molecule has 0 bridgehead atoms. The second-order valence-corrected chi connectivity index (χ2v) is 4.24. The summed E-state index contributed by atoms with van der Waals surface area (Å²) in [5.74, 6) is 1.11. The molecule has 0 spiro atoms. The third-order valence-electron chi connectivity index (χ3n) is 2.84. The van der Waals surface area contributed by atoms with Crippen molar-refractivity contribution < 1.29 is 19.4 Å². The van der Waals surface area contributed by atoms with Gasteiger partial charge in [0.05, 0.1) is 6.61 Å². The monoisotopic (exact) mass is 266 g/mol. The van der Waals surface area contributed by atoms with Crippen molar-refractivity contribution in [1.82, 2.24) is 10.2 Å². The van der Waals surface area contributed by atoms with Crippen molar-refractivity contribution in [1.29, 1.82) is 0 Å². The van der Waals surface area contributed by atoms with E-state index in [1.807, 2.05) is 6.08 Å². The Balaban J connectivity index is 2.51. The number of ether oxygens (including phenoxy) is 1. The van der Waals surface area contributed by atoms with Gasteiger partial charge in [-0.15, -0.1) is 12.3 Å². The first-order valence-electron chi connectivity index (χ1n) is 5.97. The van der Waals surface area contributed by atoms with Crippen molar-refractivity contribution >= 4 is 12.0 Å². The highest BCUT2D eigenvalue weighted by atomic mass is 16.5. The second-order valence-electron chi connectivity index (χ2n) is 4.24. The van der Waals surface area contributed by atoms with Crippen molar-refractivity contribution in [3.63, 3.8) is 0 Å². The van der Waals surface area contributed by atoms with Crippen LogP contribution in [0.1, 0.15) is 12.8 Å². The summed E-state index contributed by atoms with van der Waals surface area (Å²) in [4.78, 5) is 24.3. The van der Waals surface area contributed by atoms with Crippen LogP contribution in [0.3, 0.4) is 0 Å². The minimum Gasteiger partial charge on any atom is -0.480 e. The van der Waals surface area contributed by atoms with Crippen LogP contribution in [0.15, 0.2) is 11.6 Å². The number of hydrogen-bond donors (Lipinski definition) is 2. The first-order valence-corrected chi connectivity index (χ1v) is 5.97. The number of nitrogens with zero attached hydrogens (tertiary/aromatic N) is 1. The Morgan fingerprint density at radius 2 is 2.42 bits per heavy atom. The maximum Gasteiger partial charge on any atom is 0.327 e. The van der Waals surface area contributed by atoms with Crippen LogP contribution in [0.5, 0.6) is 0 Å². The fourth-order valence-corrected chi connectivity index (χ4v) is 1.77. The SMILES string of the molecule is C#CCC(NC(=O)N1CC=C(COC)CC1)C(=O)O. The molecule has 2 amide bonds. The van der Waals surface area contributed by atoms with E-state index in [-0.39, 0.29) is 6.42 Å². The van der Waals surface area contributed by atoms with Gasteiger partial charge in [-0.1, -0.05) is 6.08 Å². The molecule has 0 aromatic rings. The number of urea groups is 1. The molecule has 1 aliphatic heterocycles. The Morgan fingerprint density at radius 1 is 1.68 bits per heavy atom. The molecule has 1 aliphatic rings. The lowest BCUT2D eigenvalue weighted by atomic mass is 10.1. The highest BCUT2D eigenvalue weighted by molar-refractivity contribution is 5.83. The number of rotatable bonds is 5. The number of nitrogens with one attached hydrogen (secondary N) is 1. The molecule has 2 N–H and O–H groups in total. The summed E-state index contributed by atoms with van der Waals surface area (Å²) in [5.41, 5.74) is 1.14. The highest BCUT2D eigenvalue weighted by Gasteiger charge is 2.23. The molecule has 1 heterocycles. The summed E-state index contributed by atoms with van der Waals surface area (Å²) in [6.07, 6.45) is 7.69. The zero-order valence-electron chi connectivity index (χ0n) is 10.9. The van der Waals surface area contributed by atoms with Gasteiger partial charge < -0.3 is 20.1 Å². The molecule has 0 saturated carbocycles. The van der Waals surface area contributed by atoms with Crippen LogP contribution in [-0.4, -0.2) is 54.9 Å². The topological polar surface area (TPSA) is 78.9 Å². The largest absolute Gasteiger partial charge is 0.480 e. The molecule has 6 heteroatoms. The lowest BCUT2D eigenvalue weighted by Gasteiger charge is -2.27. The Morgan fingerprint density at radius 3 is 2.89 bits per heavy atom.